The fourth-order valence-electron chi connectivity index (χ4n) is 1.01. The number of nitrogens with zero attached hydrogens (tertiary/aromatic N) is 1. The first kappa shape index (κ1) is 12.1. The van der Waals surface area contributed by atoms with Crippen molar-refractivity contribution in [3.05, 3.63) is 27.7 Å². The van der Waals surface area contributed by atoms with E-state index in [0.29, 0.717) is 15.7 Å². The van der Waals surface area contributed by atoms with Crippen LogP contribution in [-0.4, -0.2) is 25.0 Å². The number of nitrogens with one attached hydrogen (secondary N) is 1. The molecular weight excluding hydrogens is 235 g/mol. The molecule has 0 heterocycles. The van der Waals surface area contributed by atoms with Crippen molar-refractivity contribution in [3.8, 4) is 0 Å². The minimum atomic E-state index is -0.198. The lowest BCUT2D eigenvalue weighted by Crippen LogP contribution is -2.27. The van der Waals surface area contributed by atoms with E-state index in [-0.39, 0.29) is 6.03 Å². The molecule has 1 aromatic rings. The summed E-state index contributed by atoms with van der Waals surface area (Å²) in [6.07, 6.45) is 0. The molecule has 1 N–H and O–H groups in total. The molecule has 5 heteroatoms. The number of rotatable bonds is 1. The molecule has 0 radical (unpaired) electrons. The van der Waals surface area contributed by atoms with Gasteiger partial charge in [-0.3, -0.25) is 0 Å². The van der Waals surface area contributed by atoms with Gasteiger partial charge in [-0.1, -0.05) is 23.2 Å². The fourth-order valence-corrected chi connectivity index (χ4v) is 1.38. The molecule has 0 saturated heterocycles. The van der Waals surface area contributed by atoms with E-state index in [4.69, 9.17) is 23.2 Å². The highest BCUT2D eigenvalue weighted by Gasteiger charge is 2.10. The third-order valence-corrected chi connectivity index (χ3v) is 2.89. The van der Waals surface area contributed by atoms with Gasteiger partial charge in [0, 0.05) is 19.8 Å². The number of benzene rings is 1. The van der Waals surface area contributed by atoms with E-state index in [0.717, 1.165) is 5.56 Å². The van der Waals surface area contributed by atoms with Gasteiger partial charge < -0.3 is 10.2 Å². The Labute approximate surface area is 99.0 Å². The number of carbonyl (C=O) groups is 1. The molecule has 1 aromatic carbocycles. The van der Waals surface area contributed by atoms with Crippen LogP contribution in [0.5, 0.6) is 0 Å². The second-order valence-corrected chi connectivity index (χ2v) is 4.14. The molecule has 0 aromatic heterocycles. The van der Waals surface area contributed by atoms with Crippen LogP contribution < -0.4 is 5.32 Å². The summed E-state index contributed by atoms with van der Waals surface area (Å²) < 4.78 is 0. The van der Waals surface area contributed by atoms with Crippen LogP contribution in [0.25, 0.3) is 0 Å². The monoisotopic (exact) mass is 246 g/mol. The Morgan fingerprint density at radius 2 is 1.93 bits per heavy atom. The van der Waals surface area contributed by atoms with Crippen molar-refractivity contribution in [3.63, 3.8) is 0 Å². The SMILES string of the molecule is Cc1c(NC(=O)N(C)C)ccc(Cl)c1Cl. The van der Waals surface area contributed by atoms with Crippen LogP contribution in [0, 0.1) is 6.92 Å². The highest BCUT2D eigenvalue weighted by atomic mass is 35.5. The molecule has 0 fully saturated rings. The molecule has 0 aliphatic rings. The van der Waals surface area contributed by atoms with E-state index in [9.17, 15) is 4.79 Å². The lowest BCUT2D eigenvalue weighted by molar-refractivity contribution is 0.230. The van der Waals surface area contributed by atoms with Crippen molar-refractivity contribution in [2.45, 2.75) is 6.92 Å². The number of amides is 2. The van der Waals surface area contributed by atoms with Crippen LogP contribution in [-0.2, 0) is 0 Å². The Bertz CT molecular complexity index is 391. The Morgan fingerprint density at radius 1 is 1.33 bits per heavy atom. The largest absolute Gasteiger partial charge is 0.331 e. The molecule has 1 rings (SSSR count). The van der Waals surface area contributed by atoms with E-state index >= 15 is 0 Å². The summed E-state index contributed by atoms with van der Waals surface area (Å²) in [6, 6.07) is 3.18. The molecule has 15 heavy (non-hydrogen) atoms. The average Bonchev–Trinajstić information content (AvgIpc) is 2.18. The number of carbonyl (C=O) groups excluding carboxylic acids is 1. The van der Waals surface area contributed by atoms with Crippen LogP contribution in [0.1, 0.15) is 5.56 Å². The second-order valence-electron chi connectivity index (χ2n) is 3.36. The zero-order valence-corrected chi connectivity index (χ0v) is 10.3. The summed E-state index contributed by atoms with van der Waals surface area (Å²) >= 11 is 11.8. The van der Waals surface area contributed by atoms with Gasteiger partial charge in [-0.15, -0.1) is 0 Å². The van der Waals surface area contributed by atoms with Crippen molar-refractivity contribution in [1.82, 2.24) is 4.90 Å². The third-order valence-electron chi connectivity index (χ3n) is 1.99. The number of hydrogen-bond acceptors (Lipinski definition) is 1. The first-order chi connectivity index (χ1) is 6.93. The Balaban J connectivity index is 2.97. The molecule has 0 spiro atoms. The lowest BCUT2D eigenvalue weighted by Gasteiger charge is -2.14. The summed E-state index contributed by atoms with van der Waals surface area (Å²) in [6.45, 7) is 1.81. The van der Waals surface area contributed by atoms with Crippen LogP contribution in [0.3, 0.4) is 0 Å². The standard InChI is InChI=1S/C10H12Cl2N2O/c1-6-8(13-10(15)14(2)3)5-4-7(11)9(6)12/h4-5H,1-3H3,(H,13,15). The number of anilines is 1. The van der Waals surface area contributed by atoms with E-state index in [1.807, 2.05) is 0 Å². The highest BCUT2D eigenvalue weighted by Crippen LogP contribution is 2.30. The predicted octanol–water partition coefficient (Wildman–Crippen LogP) is 3.40. The minimum absolute atomic E-state index is 0.198. The van der Waals surface area contributed by atoms with Crippen molar-refractivity contribution in [2.75, 3.05) is 19.4 Å². The molecule has 2 amide bonds. The molecule has 0 atom stereocenters. The number of urea groups is 1. The summed E-state index contributed by atoms with van der Waals surface area (Å²) in [5.41, 5.74) is 1.43. The maximum Gasteiger partial charge on any atom is 0.321 e. The maximum absolute atomic E-state index is 11.4. The van der Waals surface area contributed by atoms with Gasteiger partial charge in [0.25, 0.3) is 0 Å². The molecule has 0 unspecified atom stereocenters. The van der Waals surface area contributed by atoms with Crippen LogP contribution >= 0.6 is 23.2 Å². The Kier molecular flexibility index (Phi) is 3.83. The maximum atomic E-state index is 11.4. The highest BCUT2D eigenvalue weighted by molar-refractivity contribution is 6.42. The zero-order chi connectivity index (χ0) is 11.6. The predicted molar refractivity (Wildman–Crippen MR) is 63.9 cm³/mol. The lowest BCUT2D eigenvalue weighted by atomic mass is 10.2. The van der Waals surface area contributed by atoms with Gasteiger partial charge in [0.15, 0.2) is 0 Å². The Morgan fingerprint density at radius 3 is 2.47 bits per heavy atom. The van der Waals surface area contributed by atoms with Gasteiger partial charge in [0.2, 0.25) is 0 Å². The summed E-state index contributed by atoms with van der Waals surface area (Å²) in [5.74, 6) is 0. The van der Waals surface area contributed by atoms with Gasteiger partial charge in [0.1, 0.15) is 0 Å². The first-order valence-corrected chi connectivity index (χ1v) is 5.12. The topological polar surface area (TPSA) is 32.3 Å². The van der Waals surface area contributed by atoms with Crippen molar-refractivity contribution in [1.29, 1.82) is 0 Å². The summed E-state index contributed by atoms with van der Waals surface area (Å²) in [4.78, 5) is 12.8. The normalized spacial score (nSPS) is 9.93. The van der Waals surface area contributed by atoms with Gasteiger partial charge in [0.05, 0.1) is 10.0 Å². The summed E-state index contributed by atoms with van der Waals surface area (Å²) in [5, 5.41) is 3.67. The Hall–Kier alpha value is -0.930. The van der Waals surface area contributed by atoms with E-state index in [1.54, 1.807) is 33.2 Å². The van der Waals surface area contributed by atoms with Crippen molar-refractivity contribution < 1.29 is 4.79 Å². The molecular formula is C10H12Cl2N2O. The van der Waals surface area contributed by atoms with E-state index in [1.165, 1.54) is 4.90 Å². The van der Waals surface area contributed by atoms with Gasteiger partial charge in [-0.2, -0.15) is 0 Å². The van der Waals surface area contributed by atoms with Crippen LogP contribution in [0.4, 0.5) is 10.5 Å². The number of halogens is 2. The molecule has 0 aliphatic carbocycles. The molecule has 0 bridgehead atoms. The van der Waals surface area contributed by atoms with Crippen molar-refractivity contribution >= 4 is 34.9 Å². The van der Waals surface area contributed by atoms with Crippen LogP contribution in [0.2, 0.25) is 10.0 Å². The van der Waals surface area contributed by atoms with Gasteiger partial charge in [-0.25, -0.2) is 4.79 Å². The third kappa shape index (κ3) is 2.76. The van der Waals surface area contributed by atoms with E-state index in [2.05, 4.69) is 5.32 Å². The molecule has 3 nitrogen and oxygen atoms in total. The minimum Gasteiger partial charge on any atom is -0.331 e. The number of hydrogen-bond donors (Lipinski definition) is 1. The average molecular weight is 247 g/mol. The molecule has 82 valence electrons. The van der Waals surface area contributed by atoms with E-state index < -0.39 is 0 Å². The molecule has 0 saturated carbocycles. The smallest absolute Gasteiger partial charge is 0.321 e. The second kappa shape index (κ2) is 4.73. The summed E-state index contributed by atoms with van der Waals surface area (Å²) in [7, 11) is 3.34. The fraction of sp³-hybridized carbons (Fsp3) is 0.300. The quantitative estimate of drug-likeness (QED) is 0.810. The van der Waals surface area contributed by atoms with Crippen molar-refractivity contribution in [2.24, 2.45) is 0 Å². The van der Waals surface area contributed by atoms with Crippen LogP contribution in [0.15, 0.2) is 12.1 Å². The van der Waals surface area contributed by atoms with Gasteiger partial charge in [-0.05, 0) is 24.6 Å². The molecule has 0 aliphatic heterocycles. The zero-order valence-electron chi connectivity index (χ0n) is 8.77. The first-order valence-electron chi connectivity index (χ1n) is 4.36. The van der Waals surface area contributed by atoms with Gasteiger partial charge >= 0.3 is 6.03 Å².